The summed E-state index contributed by atoms with van der Waals surface area (Å²) in [4.78, 5) is 31.4. The van der Waals surface area contributed by atoms with Crippen molar-refractivity contribution in [3.8, 4) is 11.5 Å². The molecular weight excluding hydrogens is 392 g/mol. The molecule has 0 aromatic heterocycles. The largest absolute Gasteiger partial charge is 0.490 e. The maximum absolute atomic E-state index is 12.6. The molecule has 6 nitrogen and oxygen atoms in total. The second kappa shape index (κ2) is 9.16. The maximum atomic E-state index is 12.6. The Hall–Kier alpha value is -3.41. The number of fused-ring (bicyclic) bond motifs is 1. The molecule has 1 amide bonds. The van der Waals surface area contributed by atoms with Crippen LogP contribution in [0.3, 0.4) is 0 Å². The molecule has 4 rings (SSSR count). The zero-order valence-electron chi connectivity index (χ0n) is 17.9. The Morgan fingerprint density at radius 2 is 1.97 bits per heavy atom. The summed E-state index contributed by atoms with van der Waals surface area (Å²) in [5.41, 5.74) is 2.74. The first-order valence-electron chi connectivity index (χ1n) is 10.7. The quantitative estimate of drug-likeness (QED) is 0.398. The highest BCUT2D eigenvalue weighted by Gasteiger charge is 2.30. The fourth-order valence-electron chi connectivity index (χ4n) is 3.88. The summed E-state index contributed by atoms with van der Waals surface area (Å²) in [7, 11) is 0. The fraction of sp³-hybridized carbons (Fsp3) is 0.320. The van der Waals surface area contributed by atoms with Gasteiger partial charge < -0.3 is 14.4 Å². The van der Waals surface area contributed by atoms with E-state index in [1.165, 1.54) is 0 Å². The minimum absolute atomic E-state index is 0.204. The molecular formula is C25H26N2O4. The molecule has 2 aromatic rings. The minimum Gasteiger partial charge on any atom is -0.490 e. The molecule has 2 aliphatic rings. The molecule has 2 aliphatic heterocycles. The van der Waals surface area contributed by atoms with Gasteiger partial charge in [0.05, 0.1) is 12.2 Å². The third-order valence-corrected chi connectivity index (χ3v) is 5.47. The Labute approximate surface area is 182 Å². The number of hydrogen-bond donors (Lipinski definition) is 0. The van der Waals surface area contributed by atoms with Crippen molar-refractivity contribution in [2.24, 2.45) is 4.99 Å². The first kappa shape index (κ1) is 20.8. The predicted octanol–water partition coefficient (Wildman–Crippen LogP) is 4.77. The summed E-state index contributed by atoms with van der Waals surface area (Å²) >= 11 is 0. The second-order valence-electron chi connectivity index (χ2n) is 7.67. The van der Waals surface area contributed by atoms with E-state index in [4.69, 9.17) is 9.47 Å². The van der Waals surface area contributed by atoms with Crippen LogP contribution >= 0.6 is 0 Å². The number of carbonyl (C=O) groups is 2. The lowest BCUT2D eigenvalue weighted by atomic mass is 10.1. The SMILES string of the molecule is CCOc1cc(C=C2C(=O)N=C3CCCCCN23)ccc1OC(=O)c1ccccc1C. The van der Waals surface area contributed by atoms with Crippen LogP contribution in [-0.2, 0) is 4.79 Å². The van der Waals surface area contributed by atoms with Crippen LogP contribution in [0.15, 0.2) is 53.2 Å². The van der Waals surface area contributed by atoms with Gasteiger partial charge in [-0.25, -0.2) is 4.79 Å². The number of amides is 1. The lowest BCUT2D eigenvalue weighted by Crippen LogP contribution is -2.26. The van der Waals surface area contributed by atoms with Crippen LogP contribution in [0.1, 0.15) is 54.1 Å². The van der Waals surface area contributed by atoms with Gasteiger partial charge in [0.1, 0.15) is 11.5 Å². The Kier molecular flexibility index (Phi) is 6.16. The third-order valence-electron chi connectivity index (χ3n) is 5.47. The smallest absolute Gasteiger partial charge is 0.343 e. The summed E-state index contributed by atoms with van der Waals surface area (Å²) in [5.74, 6) is 1.04. The number of amidine groups is 1. The van der Waals surface area contributed by atoms with E-state index in [9.17, 15) is 9.59 Å². The summed E-state index contributed by atoms with van der Waals surface area (Å²) < 4.78 is 11.4. The first-order valence-corrected chi connectivity index (χ1v) is 10.7. The van der Waals surface area contributed by atoms with Crippen molar-refractivity contribution in [3.05, 3.63) is 64.9 Å². The molecule has 0 aliphatic carbocycles. The summed E-state index contributed by atoms with van der Waals surface area (Å²) in [5, 5.41) is 0. The van der Waals surface area contributed by atoms with Gasteiger partial charge in [0.15, 0.2) is 11.5 Å². The number of rotatable bonds is 5. The molecule has 0 N–H and O–H groups in total. The molecule has 0 unspecified atom stereocenters. The topological polar surface area (TPSA) is 68.2 Å². The molecule has 6 heteroatoms. The molecule has 0 radical (unpaired) electrons. The van der Waals surface area contributed by atoms with Crippen LogP contribution in [0.5, 0.6) is 11.5 Å². The standard InChI is InChI=1S/C25H26N2O4/c1-3-30-22-16-18(15-20-24(28)26-23-11-5-4-8-14-27(20)23)12-13-21(22)31-25(29)19-10-7-6-9-17(19)2/h6-7,9-10,12-13,15-16H,3-5,8,11,14H2,1-2H3. The Morgan fingerprint density at radius 3 is 2.77 bits per heavy atom. The molecule has 2 heterocycles. The number of aryl methyl sites for hydroxylation is 1. The molecule has 0 atom stereocenters. The van der Waals surface area contributed by atoms with Crippen LogP contribution in [0.4, 0.5) is 0 Å². The van der Waals surface area contributed by atoms with Gasteiger partial charge in [0.2, 0.25) is 0 Å². The number of esters is 1. The summed E-state index contributed by atoms with van der Waals surface area (Å²) in [6.07, 6.45) is 5.92. The zero-order valence-corrected chi connectivity index (χ0v) is 17.9. The van der Waals surface area contributed by atoms with Gasteiger partial charge in [0, 0.05) is 13.0 Å². The van der Waals surface area contributed by atoms with Crippen molar-refractivity contribution < 1.29 is 19.1 Å². The maximum Gasteiger partial charge on any atom is 0.343 e. The van der Waals surface area contributed by atoms with Crippen LogP contribution < -0.4 is 9.47 Å². The normalized spacial score (nSPS) is 17.2. The average Bonchev–Trinajstić information content (AvgIpc) is 2.91. The van der Waals surface area contributed by atoms with E-state index >= 15 is 0 Å². The zero-order chi connectivity index (χ0) is 21.8. The Bertz CT molecular complexity index is 1070. The lowest BCUT2D eigenvalue weighted by molar-refractivity contribution is -0.114. The Balaban J connectivity index is 1.60. The van der Waals surface area contributed by atoms with Crippen LogP contribution in [0, 0.1) is 6.92 Å². The molecule has 160 valence electrons. The van der Waals surface area contributed by atoms with Crippen molar-refractivity contribution in [1.29, 1.82) is 0 Å². The number of carbonyl (C=O) groups excluding carboxylic acids is 2. The van der Waals surface area contributed by atoms with E-state index in [2.05, 4.69) is 4.99 Å². The van der Waals surface area contributed by atoms with Crippen LogP contribution in [-0.4, -0.2) is 35.8 Å². The molecule has 31 heavy (non-hydrogen) atoms. The average molecular weight is 418 g/mol. The van der Waals surface area contributed by atoms with E-state index < -0.39 is 5.97 Å². The lowest BCUT2D eigenvalue weighted by Gasteiger charge is -2.18. The minimum atomic E-state index is -0.432. The highest BCUT2D eigenvalue weighted by Crippen LogP contribution is 2.32. The monoisotopic (exact) mass is 418 g/mol. The van der Waals surface area contributed by atoms with Crippen molar-refractivity contribution in [2.45, 2.75) is 39.5 Å². The number of ether oxygens (including phenoxy) is 2. The van der Waals surface area contributed by atoms with Crippen molar-refractivity contribution in [1.82, 2.24) is 4.90 Å². The highest BCUT2D eigenvalue weighted by molar-refractivity contribution is 6.13. The van der Waals surface area contributed by atoms with E-state index in [0.717, 1.165) is 49.2 Å². The Morgan fingerprint density at radius 1 is 1.13 bits per heavy atom. The molecule has 2 aromatic carbocycles. The summed E-state index contributed by atoms with van der Waals surface area (Å²) in [6.45, 7) is 4.97. The molecule has 0 saturated carbocycles. The number of nitrogens with zero attached hydrogens (tertiary/aromatic N) is 2. The van der Waals surface area contributed by atoms with Gasteiger partial charge in [-0.05, 0) is 62.1 Å². The second-order valence-corrected chi connectivity index (χ2v) is 7.67. The summed E-state index contributed by atoms with van der Waals surface area (Å²) in [6, 6.07) is 12.6. The first-order chi connectivity index (χ1) is 15.1. The van der Waals surface area contributed by atoms with E-state index in [1.54, 1.807) is 24.3 Å². The number of benzene rings is 2. The van der Waals surface area contributed by atoms with E-state index in [0.29, 0.717) is 29.4 Å². The van der Waals surface area contributed by atoms with Gasteiger partial charge in [-0.2, -0.15) is 4.99 Å². The number of aliphatic imine (C=N–C) groups is 1. The number of hydrogen-bond acceptors (Lipinski definition) is 5. The molecule has 1 saturated heterocycles. The van der Waals surface area contributed by atoms with Gasteiger partial charge in [0.25, 0.3) is 5.91 Å². The van der Waals surface area contributed by atoms with E-state index in [1.807, 2.05) is 43.0 Å². The third kappa shape index (κ3) is 4.53. The molecule has 1 fully saturated rings. The van der Waals surface area contributed by atoms with Crippen molar-refractivity contribution in [3.63, 3.8) is 0 Å². The van der Waals surface area contributed by atoms with Crippen LogP contribution in [0.2, 0.25) is 0 Å². The van der Waals surface area contributed by atoms with Crippen molar-refractivity contribution >= 4 is 23.8 Å². The van der Waals surface area contributed by atoms with Crippen LogP contribution in [0.25, 0.3) is 6.08 Å². The predicted molar refractivity (Wildman–Crippen MR) is 119 cm³/mol. The molecule has 0 spiro atoms. The van der Waals surface area contributed by atoms with Gasteiger partial charge in [-0.1, -0.05) is 30.7 Å². The fourth-order valence-corrected chi connectivity index (χ4v) is 3.88. The van der Waals surface area contributed by atoms with Gasteiger partial charge in [-0.3, -0.25) is 4.79 Å². The van der Waals surface area contributed by atoms with Gasteiger partial charge in [-0.15, -0.1) is 0 Å². The van der Waals surface area contributed by atoms with Gasteiger partial charge >= 0.3 is 5.97 Å². The highest BCUT2D eigenvalue weighted by atomic mass is 16.6. The van der Waals surface area contributed by atoms with E-state index in [-0.39, 0.29) is 5.91 Å². The van der Waals surface area contributed by atoms with Crippen molar-refractivity contribution in [2.75, 3.05) is 13.2 Å². The molecule has 0 bridgehead atoms.